The Morgan fingerprint density at radius 2 is 2.05 bits per heavy atom. The molecule has 0 unspecified atom stereocenters. The highest BCUT2D eigenvalue weighted by atomic mass is 79.9. The fourth-order valence-electron chi connectivity index (χ4n) is 1.84. The average molecular weight is 339 g/mol. The highest BCUT2D eigenvalue weighted by Gasteiger charge is 2.10. The van der Waals surface area contributed by atoms with Crippen molar-refractivity contribution in [2.75, 3.05) is 5.32 Å². The molecule has 0 radical (unpaired) electrons. The van der Waals surface area contributed by atoms with Crippen molar-refractivity contribution >= 4 is 44.5 Å². The lowest BCUT2D eigenvalue weighted by atomic mass is 10.1. The number of halogens is 2. The first-order valence-electron chi connectivity index (χ1n) is 5.60. The van der Waals surface area contributed by atoms with Gasteiger partial charge in [0.05, 0.1) is 0 Å². The van der Waals surface area contributed by atoms with E-state index in [0.29, 0.717) is 11.3 Å². The van der Waals surface area contributed by atoms with Crippen molar-refractivity contribution in [2.45, 2.75) is 6.92 Å². The third-order valence-electron chi connectivity index (χ3n) is 2.58. The Bertz CT molecular complexity index is 623. The van der Waals surface area contributed by atoms with E-state index in [1.807, 2.05) is 31.2 Å². The average Bonchev–Trinajstić information content (AvgIpc) is 2.26. The van der Waals surface area contributed by atoms with Crippen LogP contribution in [-0.2, 0) is 0 Å². The van der Waals surface area contributed by atoms with Crippen molar-refractivity contribution < 1.29 is 4.39 Å². The molecule has 5 heteroatoms. The number of hydrogen-bond donors (Lipinski definition) is 2. The molecule has 2 rings (SSSR count). The SMILES string of the molecule is Cc1cc(F)cc(Nc2cccc(Br)c2C(N)=S)c1. The van der Waals surface area contributed by atoms with Gasteiger partial charge >= 0.3 is 0 Å². The van der Waals surface area contributed by atoms with Crippen LogP contribution in [0.1, 0.15) is 11.1 Å². The largest absolute Gasteiger partial charge is 0.389 e. The van der Waals surface area contributed by atoms with E-state index in [9.17, 15) is 4.39 Å². The zero-order chi connectivity index (χ0) is 14.0. The summed E-state index contributed by atoms with van der Waals surface area (Å²) in [5, 5.41) is 3.14. The van der Waals surface area contributed by atoms with Gasteiger partial charge in [0.2, 0.25) is 0 Å². The summed E-state index contributed by atoms with van der Waals surface area (Å²) in [5.74, 6) is -0.283. The zero-order valence-electron chi connectivity index (χ0n) is 10.2. The van der Waals surface area contributed by atoms with E-state index in [-0.39, 0.29) is 10.8 Å². The van der Waals surface area contributed by atoms with E-state index in [1.165, 1.54) is 12.1 Å². The maximum absolute atomic E-state index is 13.4. The van der Waals surface area contributed by atoms with Gasteiger partial charge in [-0.3, -0.25) is 0 Å². The highest BCUT2D eigenvalue weighted by Crippen LogP contribution is 2.28. The summed E-state index contributed by atoms with van der Waals surface area (Å²) in [6.45, 7) is 1.84. The Labute approximate surface area is 124 Å². The summed E-state index contributed by atoms with van der Waals surface area (Å²) in [5.41, 5.74) is 8.67. The molecule has 2 aromatic carbocycles. The summed E-state index contributed by atoms with van der Waals surface area (Å²) in [7, 11) is 0. The van der Waals surface area contributed by atoms with Crippen LogP contribution in [-0.4, -0.2) is 4.99 Å². The van der Waals surface area contributed by atoms with E-state index < -0.39 is 0 Å². The second kappa shape index (κ2) is 5.67. The van der Waals surface area contributed by atoms with Crippen molar-refractivity contribution in [3.63, 3.8) is 0 Å². The normalized spacial score (nSPS) is 10.3. The van der Waals surface area contributed by atoms with Crippen molar-refractivity contribution in [3.8, 4) is 0 Å². The molecule has 0 aliphatic carbocycles. The molecule has 19 heavy (non-hydrogen) atoms. The van der Waals surface area contributed by atoms with E-state index in [2.05, 4.69) is 21.2 Å². The molecule has 0 fully saturated rings. The first-order chi connectivity index (χ1) is 8.97. The van der Waals surface area contributed by atoms with Gasteiger partial charge in [0, 0.05) is 21.4 Å². The van der Waals surface area contributed by atoms with Gasteiger partial charge in [-0.1, -0.05) is 18.3 Å². The van der Waals surface area contributed by atoms with E-state index in [0.717, 1.165) is 15.7 Å². The van der Waals surface area contributed by atoms with Crippen molar-refractivity contribution in [1.29, 1.82) is 0 Å². The molecule has 0 amide bonds. The predicted molar refractivity (Wildman–Crippen MR) is 84.4 cm³/mol. The summed E-state index contributed by atoms with van der Waals surface area (Å²) in [6.07, 6.45) is 0. The van der Waals surface area contributed by atoms with Crippen molar-refractivity contribution in [3.05, 3.63) is 57.8 Å². The van der Waals surface area contributed by atoms with Gasteiger partial charge in [-0.2, -0.15) is 0 Å². The predicted octanol–water partition coefficient (Wildman–Crippen LogP) is 4.27. The topological polar surface area (TPSA) is 38.0 Å². The van der Waals surface area contributed by atoms with Gasteiger partial charge < -0.3 is 11.1 Å². The van der Waals surface area contributed by atoms with Crippen LogP contribution in [0.15, 0.2) is 40.9 Å². The molecule has 98 valence electrons. The molecule has 0 atom stereocenters. The second-order valence-electron chi connectivity index (χ2n) is 4.17. The number of benzene rings is 2. The molecule has 0 saturated carbocycles. The quantitative estimate of drug-likeness (QED) is 0.820. The summed E-state index contributed by atoms with van der Waals surface area (Å²) in [4.78, 5) is 0.281. The van der Waals surface area contributed by atoms with Crippen molar-refractivity contribution in [2.24, 2.45) is 5.73 Å². The summed E-state index contributed by atoms with van der Waals surface area (Å²) >= 11 is 8.45. The summed E-state index contributed by atoms with van der Waals surface area (Å²) in [6, 6.07) is 10.3. The molecule has 0 aliphatic rings. The molecular weight excluding hydrogens is 327 g/mol. The minimum Gasteiger partial charge on any atom is -0.389 e. The van der Waals surface area contributed by atoms with Gasteiger partial charge in [-0.05, 0) is 58.7 Å². The molecular formula is C14H12BrFN2S. The fraction of sp³-hybridized carbons (Fsp3) is 0.0714. The van der Waals surface area contributed by atoms with Crippen LogP contribution in [0.2, 0.25) is 0 Å². The number of anilines is 2. The third-order valence-corrected chi connectivity index (χ3v) is 3.45. The van der Waals surface area contributed by atoms with E-state index in [4.69, 9.17) is 18.0 Å². The van der Waals surface area contributed by atoms with E-state index in [1.54, 1.807) is 0 Å². The minimum absolute atomic E-state index is 0.281. The lowest BCUT2D eigenvalue weighted by Crippen LogP contribution is -2.12. The zero-order valence-corrected chi connectivity index (χ0v) is 12.6. The monoisotopic (exact) mass is 338 g/mol. The molecule has 0 aromatic heterocycles. The minimum atomic E-state index is -0.283. The first kappa shape index (κ1) is 14.0. The smallest absolute Gasteiger partial charge is 0.125 e. The van der Waals surface area contributed by atoms with Gasteiger partial charge in [-0.25, -0.2) is 4.39 Å². The number of aryl methyl sites for hydroxylation is 1. The van der Waals surface area contributed by atoms with Gasteiger partial charge in [-0.15, -0.1) is 0 Å². The van der Waals surface area contributed by atoms with Crippen LogP contribution in [0, 0.1) is 12.7 Å². The number of nitrogens with one attached hydrogen (secondary N) is 1. The lowest BCUT2D eigenvalue weighted by molar-refractivity contribution is 0.627. The number of thiocarbonyl (C=S) groups is 1. The molecule has 2 nitrogen and oxygen atoms in total. The van der Waals surface area contributed by atoms with Crippen LogP contribution in [0.5, 0.6) is 0 Å². The molecule has 0 saturated heterocycles. The molecule has 0 bridgehead atoms. The highest BCUT2D eigenvalue weighted by molar-refractivity contribution is 9.10. The van der Waals surface area contributed by atoms with Crippen LogP contribution in [0.3, 0.4) is 0 Å². The lowest BCUT2D eigenvalue weighted by Gasteiger charge is -2.13. The standard InChI is InChI=1S/C14H12BrFN2S/c1-8-5-9(16)7-10(6-8)18-12-4-2-3-11(15)13(12)14(17)19/h2-7,18H,1H3,(H2,17,19). The Morgan fingerprint density at radius 3 is 2.68 bits per heavy atom. The fourth-order valence-corrected chi connectivity index (χ4v) is 2.77. The maximum Gasteiger partial charge on any atom is 0.125 e. The molecule has 2 aromatic rings. The van der Waals surface area contributed by atoms with E-state index >= 15 is 0 Å². The Hall–Kier alpha value is -1.46. The van der Waals surface area contributed by atoms with Gasteiger partial charge in [0.15, 0.2) is 0 Å². The maximum atomic E-state index is 13.4. The van der Waals surface area contributed by atoms with Gasteiger partial charge in [0.1, 0.15) is 10.8 Å². The van der Waals surface area contributed by atoms with Crippen LogP contribution in [0.4, 0.5) is 15.8 Å². The number of hydrogen-bond acceptors (Lipinski definition) is 2. The first-order valence-corrected chi connectivity index (χ1v) is 6.80. The molecule has 0 spiro atoms. The van der Waals surface area contributed by atoms with Crippen LogP contribution < -0.4 is 11.1 Å². The number of nitrogens with two attached hydrogens (primary N) is 1. The molecule has 3 N–H and O–H groups in total. The molecule has 0 heterocycles. The molecule has 0 aliphatic heterocycles. The Kier molecular flexibility index (Phi) is 4.17. The van der Waals surface area contributed by atoms with Crippen LogP contribution >= 0.6 is 28.1 Å². The van der Waals surface area contributed by atoms with Gasteiger partial charge in [0.25, 0.3) is 0 Å². The Morgan fingerprint density at radius 1 is 1.32 bits per heavy atom. The van der Waals surface area contributed by atoms with Crippen molar-refractivity contribution in [1.82, 2.24) is 0 Å². The third kappa shape index (κ3) is 3.30. The Balaban J connectivity index is 2.43. The number of rotatable bonds is 3. The van der Waals surface area contributed by atoms with Crippen LogP contribution in [0.25, 0.3) is 0 Å². The second-order valence-corrected chi connectivity index (χ2v) is 5.46. The summed E-state index contributed by atoms with van der Waals surface area (Å²) < 4.78 is 14.2.